The lowest BCUT2D eigenvalue weighted by Gasteiger charge is -2.31. The third-order valence-corrected chi connectivity index (χ3v) is 5.87. The third kappa shape index (κ3) is 4.20. The zero-order chi connectivity index (χ0) is 20.9. The summed E-state index contributed by atoms with van der Waals surface area (Å²) >= 11 is 0. The fourth-order valence-corrected chi connectivity index (χ4v) is 4.32. The standard InChI is InChI=1S/C23H26N4O3/c28-21(25-16-17-10-12-24-13-11-17)19-8-4-14-26(19)23(30)20-9-5-15-27(20)22(29)18-6-2-1-3-7-18/h1-3,6-7,10-13,19-20H,4-5,8-9,14-16H2,(H,25,28)/t19-,20-/m0/s1. The summed E-state index contributed by atoms with van der Waals surface area (Å²) in [6.45, 7) is 1.52. The molecular formula is C23H26N4O3. The molecule has 0 aliphatic carbocycles. The highest BCUT2D eigenvalue weighted by Crippen LogP contribution is 2.26. The van der Waals surface area contributed by atoms with Crippen molar-refractivity contribution in [2.24, 2.45) is 0 Å². The molecule has 0 radical (unpaired) electrons. The number of aromatic nitrogens is 1. The first-order chi connectivity index (χ1) is 14.6. The Balaban J connectivity index is 1.42. The number of rotatable bonds is 5. The zero-order valence-corrected chi connectivity index (χ0v) is 16.9. The minimum Gasteiger partial charge on any atom is -0.350 e. The van der Waals surface area contributed by atoms with Gasteiger partial charge < -0.3 is 15.1 Å². The van der Waals surface area contributed by atoms with E-state index in [4.69, 9.17) is 0 Å². The quantitative estimate of drug-likeness (QED) is 0.823. The molecule has 2 aliphatic heterocycles. The lowest BCUT2D eigenvalue weighted by Crippen LogP contribution is -2.52. The lowest BCUT2D eigenvalue weighted by molar-refractivity contribution is -0.141. The molecule has 0 saturated carbocycles. The van der Waals surface area contributed by atoms with Gasteiger partial charge >= 0.3 is 0 Å². The molecule has 2 atom stereocenters. The first-order valence-electron chi connectivity index (χ1n) is 10.5. The molecule has 156 valence electrons. The van der Waals surface area contributed by atoms with Gasteiger partial charge in [0.1, 0.15) is 12.1 Å². The summed E-state index contributed by atoms with van der Waals surface area (Å²) in [5.74, 6) is -0.376. The van der Waals surface area contributed by atoms with Crippen molar-refractivity contribution in [1.29, 1.82) is 0 Å². The number of benzene rings is 1. The Hall–Kier alpha value is -3.22. The van der Waals surface area contributed by atoms with Gasteiger partial charge in [-0.3, -0.25) is 19.4 Å². The van der Waals surface area contributed by atoms with E-state index in [0.717, 1.165) is 18.4 Å². The molecule has 30 heavy (non-hydrogen) atoms. The molecular weight excluding hydrogens is 380 g/mol. The summed E-state index contributed by atoms with van der Waals surface area (Å²) < 4.78 is 0. The Morgan fingerprint density at radius 3 is 2.30 bits per heavy atom. The van der Waals surface area contributed by atoms with Crippen LogP contribution in [0.15, 0.2) is 54.9 Å². The molecule has 1 N–H and O–H groups in total. The van der Waals surface area contributed by atoms with Crippen LogP contribution < -0.4 is 5.32 Å². The molecule has 0 bridgehead atoms. The molecule has 3 amide bonds. The number of nitrogens with one attached hydrogen (secondary N) is 1. The van der Waals surface area contributed by atoms with Gasteiger partial charge in [-0.15, -0.1) is 0 Å². The van der Waals surface area contributed by atoms with Crippen LogP contribution in [-0.2, 0) is 16.1 Å². The van der Waals surface area contributed by atoms with E-state index in [2.05, 4.69) is 10.3 Å². The van der Waals surface area contributed by atoms with Crippen molar-refractivity contribution in [1.82, 2.24) is 20.1 Å². The Morgan fingerprint density at radius 2 is 1.57 bits per heavy atom. The average molecular weight is 406 g/mol. The largest absolute Gasteiger partial charge is 0.350 e. The molecule has 7 nitrogen and oxygen atoms in total. The Bertz CT molecular complexity index is 903. The van der Waals surface area contributed by atoms with Gasteiger partial charge in [0.25, 0.3) is 5.91 Å². The monoisotopic (exact) mass is 406 g/mol. The number of carbonyl (C=O) groups excluding carboxylic acids is 3. The maximum absolute atomic E-state index is 13.3. The molecule has 2 fully saturated rings. The van der Waals surface area contributed by atoms with Crippen LogP contribution in [0.25, 0.3) is 0 Å². The fourth-order valence-electron chi connectivity index (χ4n) is 4.32. The van der Waals surface area contributed by atoms with Crippen molar-refractivity contribution in [2.45, 2.75) is 44.3 Å². The van der Waals surface area contributed by atoms with Gasteiger partial charge in [-0.1, -0.05) is 18.2 Å². The molecule has 1 aromatic heterocycles. The average Bonchev–Trinajstić information content (AvgIpc) is 3.48. The topological polar surface area (TPSA) is 82.6 Å². The summed E-state index contributed by atoms with van der Waals surface area (Å²) in [6, 6.07) is 11.8. The smallest absolute Gasteiger partial charge is 0.254 e. The Labute approximate surface area is 176 Å². The first kappa shape index (κ1) is 20.1. The van der Waals surface area contributed by atoms with Crippen LogP contribution in [0.3, 0.4) is 0 Å². The van der Waals surface area contributed by atoms with E-state index in [1.165, 1.54) is 0 Å². The molecule has 2 aromatic rings. The van der Waals surface area contributed by atoms with Gasteiger partial charge in [-0.05, 0) is 55.5 Å². The van der Waals surface area contributed by atoms with Crippen molar-refractivity contribution >= 4 is 17.7 Å². The molecule has 4 rings (SSSR count). The number of likely N-dealkylation sites (tertiary alicyclic amines) is 2. The third-order valence-electron chi connectivity index (χ3n) is 5.87. The van der Waals surface area contributed by atoms with Crippen LogP contribution >= 0.6 is 0 Å². The van der Waals surface area contributed by atoms with Crippen molar-refractivity contribution in [3.05, 3.63) is 66.0 Å². The highest BCUT2D eigenvalue weighted by molar-refractivity contribution is 5.98. The number of hydrogen-bond acceptors (Lipinski definition) is 4. The van der Waals surface area contributed by atoms with E-state index < -0.39 is 12.1 Å². The highest BCUT2D eigenvalue weighted by atomic mass is 16.2. The minimum atomic E-state index is -0.494. The van der Waals surface area contributed by atoms with E-state index in [0.29, 0.717) is 38.0 Å². The summed E-state index contributed by atoms with van der Waals surface area (Å²) in [7, 11) is 0. The van der Waals surface area contributed by atoms with Crippen molar-refractivity contribution in [2.75, 3.05) is 13.1 Å². The van der Waals surface area contributed by atoms with Crippen LogP contribution in [0, 0.1) is 0 Å². The van der Waals surface area contributed by atoms with Crippen molar-refractivity contribution in [3.8, 4) is 0 Å². The van der Waals surface area contributed by atoms with E-state index in [1.54, 1.807) is 34.3 Å². The van der Waals surface area contributed by atoms with Crippen molar-refractivity contribution in [3.63, 3.8) is 0 Å². The van der Waals surface area contributed by atoms with Gasteiger partial charge in [-0.2, -0.15) is 0 Å². The van der Waals surface area contributed by atoms with Gasteiger partial charge in [0.2, 0.25) is 11.8 Å². The minimum absolute atomic E-state index is 0.113. The Kier molecular flexibility index (Phi) is 6.07. The van der Waals surface area contributed by atoms with Crippen LogP contribution in [0.2, 0.25) is 0 Å². The molecule has 0 spiro atoms. The maximum Gasteiger partial charge on any atom is 0.254 e. The fraction of sp³-hybridized carbons (Fsp3) is 0.391. The van der Waals surface area contributed by atoms with E-state index in [-0.39, 0.29) is 17.7 Å². The SMILES string of the molecule is O=C(NCc1ccncc1)[C@@H]1CCCN1C(=O)[C@@H]1CCCN1C(=O)c1ccccc1. The molecule has 2 saturated heterocycles. The number of amides is 3. The van der Waals surface area contributed by atoms with E-state index in [1.807, 2.05) is 30.3 Å². The second kappa shape index (κ2) is 9.07. The molecule has 7 heteroatoms. The summed E-state index contributed by atoms with van der Waals surface area (Å²) in [5, 5.41) is 2.94. The summed E-state index contributed by atoms with van der Waals surface area (Å²) in [6.07, 6.45) is 6.24. The number of carbonyl (C=O) groups is 3. The van der Waals surface area contributed by atoms with Crippen molar-refractivity contribution < 1.29 is 14.4 Å². The summed E-state index contributed by atoms with van der Waals surface area (Å²) in [4.78, 5) is 46.3. The van der Waals surface area contributed by atoms with Gasteiger partial charge in [0.05, 0.1) is 0 Å². The maximum atomic E-state index is 13.3. The molecule has 3 heterocycles. The molecule has 2 aliphatic rings. The predicted molar refractivity (Wildman–Crippen MR) is 111 cm³/mol. The van der Waals surface area contributed by atoms with Crippen LogP contribution in [0.4, 0.5) is 0 Å². The van der Waals surface area contributed by atoms with Gasteiger partial charge in [0, 0.05) is 37.6 Å². The van der Waals surface area contributed by atoms with Crippen LogP contribution in [0.5, 0.6) is 0 Å². The zero-order valence-electron chi connectivity index (χ0n) is 16.9. The van der Waals surface area contributed by atoms with Gasteiger partial charge in [-0.25, -0.2) is 0 Å². The molecule has 0 unspecified atom stereocenters. The van der Waals surface area contributed by atoms with Gasteiger partial charge in [0.15, 0.2) is 0 Å². The van der Waals surface area contributed by atoms with Crippen LogP contribution in [-0.4, -0.2) is 57.7 Å². The lowest BCUT2D eigenvalue weighted by atomic mass is 10.1. The summed E-state index contributed by atoms with van der Waals surface area (Å²) in [5.41, 5.74) is 1.55. The Morgan fingerprint density at radius 1 is 0.900 bits per heavy atom. The van der Waals surface area contributed by atoms with E-state index >= 15 is 0 Å². The first-order valence-corrected chi connectivity index (χ1v) is 10.5. The van der Waals surface area contributed by atoms with Crippen LogP contribution in [0.1, 0.15) is 41.6 Å². The normalized spacial score (nSPS) is 20.9. The molecule has 1 aromatic carbocycles. The van der Waals surface area contributed by atoms with E-state index in [9.17, 15) is 14.4 Å². The number of hydrogen-bond donors (Lipinski definition) is 1. The second-order valence-corrected chi connectivity index (χ2v) is 7.79. The number of nitrogens with zero attached hydrogens (tertiary/aromatic N) is 3. The number of pyridine rings is 1. The second-order valence-electron chi connectivity index (χ2n) is 7.79. The predicted octanol–water partition coefficient (Wildman–Crippen LogP) is 1.99. The highest BCUT2D eigenvalue weighted by Gasteiger charge is 2.42.